The van der Waals surface area contributed by atoms with E-state index in [9.17, 15) is 4.79 Å². The Morgan fingerprint density at radius 2 is 2.14 bits per heavy atom. The number of hydrogen-bond acceptors (Lipinski definition) is 4. The number of carbonyl (C=O) groups excluding carboxylic acids is 1. The Labute approximate surface area is 129 Å². The molecule has 4 nitrogen and oxygen atoms in total. The Bertz CT molecular complexity index is 616. The molecule has 5 heteroatoms. The van der Waals surface area contributed by atoms with Crippen molar-refractivity contribution >= 4 is 28.6 Å². The van der Waals surface area contributed by atoms with Crippen LogP contribution in [0.3, 0.4) is 0 Å². The molecule has 1 aromatic heterocycles. The van der Waals surface area contributed by atoms with Crippen molar-refractivity contribution < 1.29 is 9.90 Å². The van der Waals surface area contributed by atoms with E-state index in [1.807, 2.05) is 37.3 Å². The van der Waals surface area contributed by atoms with Crippen LogP contribution in [0.15, 0.2) is 30.3 Å². The highest BCUT2D eigenvalue weighted by molar-refractivity contribution is 7.99. The van der Waals surface area contributed by atoms with Crippen molar-refractivity contribution in [1.82, 2.24) is 10.3 Å². The summed E-state index contributed by atoms with van der Waals surface area (Å²) in [4.78, 5) is 16.8. The van der Waals surface area contributed by atoms with E-state index < -0.39 is 0 Å². The molecule has 0 fully saturated rings. The number of carbonyl (C=O) groups is 1. The van der Waals surface area contributed by atoms with E-state index in [1.54, 1.807) is 11.8 Å². The summed E-state index contributed by atoms with van der Waals surface area (Å²) in [5.74, 6) is 1.72. The van der Waals surface area contributed by atoms with Gasteiger partial charge in [0.05, 0.1) is 11.1 Å². The first-order valence-corrected chi connectivity index (χ1v) is 8.21. The number of aryl methyl sites for hydroxylation is 1. The maximum Gasteiger partial charge on any atom is 0.252 e. The molecular formula is C16H20N2O2S. The summed E-state index contributed by atoms with van der Waals surface area (Å²) in [6.45, 7) is 2.75. The minimum Gasteiger partial charge on any atom is -0.396 e. The van der Waals surface area contributed by atoms with E-state index >= 15 is 0 Å². The third kappa shape index (κ3) is 4.44. The maximum absolute atomic E-state index is 12.3. The van der Waals surface area contributed by atoms with Gasteiger partial charge >= 0.3 is 0 Å². The van der Waals surface area contributed by atoms with E-state index in [4.69, 9.17) is 5.11 Å². The molecule has 0 bridgehead atoms. The monoisotopic (exact) mass is 304 g/mol. The largest absolute Gasteiger partial charge is 0.396 e. The summed E-state index contributed by atoms with van der Waals surface area (Å²) in [5.41, 5.74) is 2.37. The smallest absolute Gasteiger partial charge is 0.252 e. The highest BCUT2D eigenvalue weighted by Gasteiger charge is 2.11. The van der Waals surface area contributed by atoms with Gasteiger partial charge in [0.2, 0.25) is 0 Å². The predicted molar refractivity (Wildman–Crippen MR) is 87.8 cm³/mol. The average molecular weight is 304 g/mol. The molecule has 0 aliphatic rings. The average Bonchev–Trinajstić information content (AvgIpc) is 2.49. The zero-order chi connectivity index (χ0) is 15.1. The fourth-order valence-corrected chi connectivity index (χ4v) is 2.88. The zero-order valence-corrected chi connectivity index (χ0v) is 12.9. The van der Waals surface area contributed by atoms with Crippen molar-refractivity contribution in [3.8, 4) is 0 Å². The molecule has 0 radical (unpaired) electrons. The fourth-order valence-electron chi connectivity index (χ4n) is 2.10. The van der Waals surface area contributed by atoms with Crippen LogP contribution in [0.25, 0.3) is 10.9 Å². The van der Waals surface area contributed by atoms with Crippen LogP contribution in [0.2, 0.25) is 0 Å². The van der Waals surface area contributed by atoms with Crippen molar-refractivity contribution in [1.29, 1.82) is 0 Å². The molecule has 2 rings (SSSR count). The van der Waals surface area contributed by atoms with Crippen molar-refractivity contribution in [2.75, 3.05) is 24.7 Å². The van der Waals surface area contributed by atoms with Gasteiger partial charge in [0, 0.05) is 30.0 Å². The summed E-state index contributed by atoms with van der Waals surface area (Å²) in [6, 6.07) is 9.52. The minimum atomic E-state index is -0.0561. The SMILES string of the molecule is Cc1cc(C(=O)NCCSCCCO)c2ccccc2n1. The third-order valence-corrected chi connectivity index (χ3v) is 4.14. The summed E-state index contributed by atoms with van der Waals surface area (Å²) >= 11 is 1.73. The van der Waals surface area contributed by atoms with Gasteiger partial charge in [-0.15, -0.1) is 0 Å². The minimum absolute atomic E-state index is 0.0561. The molecule has 0 spiro atoms. The second-order valence-corrected chi connectivity index (χ2v) is 6.00. The Hall–Kier alpha value is -1.59. The summed E-state index contributed by atoms with van der Waals surface area (Å²) in [5, 5.41) is 12.5. The summed E-state index contributed by atoms with van der Waals surface area (Å²) < 4.78 is 0. The number of nitrogens with one attached hydrogen (secondary N) is 1. The zero-order valence-electron chi connectivity index (χ0n) is 12.1. The Kier molecular flexibility index (Phi) is 6.02. The van der Waals surface area contributed by atoms with Crippen LogP contribution >= 0.6 is 11.8 Å². The number of rotatable bonds is 7. The highest BCUT2D eigenvalue weighted by atomic mass is 32.2. The first-order valence-electron chi connectivity index (χ1n) is 7.05. The molecule has 0 atom stereocenters. The van der Waals surface area contributed by atoms with E-state index in [1.165, 1.54) is 0 Å². The lowest BCUT2D eigenvalue weighted by molar-refractivity contribution is 0.0957. The van der Waals surface area contributed by atoms with Crippen molar-refractivity contribution in [3.63, 3.8) is 0 Å². The first-order chi connectivity index (χ1) is 10.2. The van der Waals surface area contributed by atoms with Crippen LogP contribution in [-0.2, 0) is 0 Å². The molecule has 1 aromatic carbocycles. The lowest BCUT2D eigenvalue weighted by atomic mass is 10.1. The number of fused-ring (bicyclic) bond motifs is 1. The molecule has 1 amide bonds. The predicted octanol–water partition coefficient (Wildman–Crippen LogP) is 2.39. The number of aliphatic hydroxyl groups is 1. The number of benzene rings is 1. The highest BCUT2D eigenvalue weighted by Crippen LogP contribution is 2.18. The van der Waals surface area contributed by atoms with Gasteiger partial charge in [-0.2, -0.15) is 11.8 Å². The first kappa shape index (κ1) is 15.8. The molecule has 21 heavy (non-hydrogen) atoms. The van der Waals surface area contributed by atoms with Gasteiger partial charge in [0.15, 0.2) is 0 Å². The molecule has 112 valence electrons. The molecule has 0 aliphatic carbocycles. The molecule has 1 heterocycles. The quantitative estimate of drug-likeness (QED) is 0.771. The molecule has 0 saturated heterocycles. The van der Waals surface area contributed by atoms with Gasteiger partial charge in [-0.1, -0.05) is 18.2 Å². The molecule has 0 aliphatic heterocycles. The van der Waals surface area contributed by atoms with E-state index in [-0.39, 0.29) is 12.5 Å². The molecule has 2 aromatic rings. The van der Waals surface area contributed by atoms with Crippen LogP contribution in [0.4, 0.5) is 0 Å². The van der Waals surface area contributed by atoms with Crippen LogP contribution in [0.1, 0.15) is 22.5 Å². The number of aromatic nitrogens is 1. The topological polar surface area (TPSA) is 62.2 Å². The number of hydrogen-bond donors (Lipinski definition) is 2. The standard InChI is InChI=1S/C16H20N2O2S/c1-12-11-14(13-5-2-3-6-15(13)18-12)16(20)17-7-10-21-9-4-8-19/h2-3,5-6,11,19H,4,7-10H2,1H3,(H,17,20). The van der Waals surface area contributed by atoms with Crippen LogP contribution in [0, 0.1) is 6.92 Å². The maximum atomic E-state index is 12.3. The number of pyridine rings is 1. The van der Waals surface area contributed by atoms with Crippen LogP contribution in [0.5, 0.6) is 0 Å². The fraction of sp³-hybridized carbons (Fsp3) is 0.375. The van der Waals surface area contributed by atoms with Gasteiger partial charge in [-0.3, -0.25) is 9.78 Å². The van der Waals surface area contributed by atoms with Crippen molar-refractivity contribution in [3.05, 3.63) is 41.6 Å². The third-order valence-electron chi connectivity index (χ3n) is 3.07. The second-order valence-electron chi connectivity index (χ2n) is 4.77. The van der Waals surface area contributed by atoms with E-state index in [0.717, 1.165) is 34.5 Å². The van der Waals surface area contributed by atoms with Gasteiger partial charge in [0.25, 0.3) is 5.91 Å². The lowest BCUT2D eigenvalue weighted by Crippen LogP contribution is -2.26. The van der Waals surface area contributed by atoms with Crippen LogP contribution < -0.4 is 5.32 Å². The van der Waals surface area contributed by atoms with Gasteiger partial charge in [-0.25, -0.2) is 0 Å². The Balaban J connectivity index is 1.99. The number of para-hydroxylation sites is 1. The molecular weight excluding hydrogens is 284 g/mol. The molecule has 0 unspecified atom stereocenters. The lowest BCUT2D eigenvalue weighted by Gasteiger charge is -2.09. The normalized spacial score (nSPS) is 10.8. The van der Waals surface area contributed by atoms with E-state index in [0.29, 0.717) is 12.1 Å². The van der Waals surface area contributed by atoms with Gasteiger partial charge < -0.3 is 10.4 Å². The van der Waals surface area contributed by atoms with Gasteiger partial charge in [0.1, 0.15) is 0 Å². The van der Waals surface area contributed by atoms with Crippen molar-refractivity contribution in [2.24, 2.45) is 0 Å². The number of thioether (sulfide) groups is 1. The summed E-state index contributed by atoms with van der Waals surface area (Å²) in [7, 11) is 0. The van der Waals surface area contributed by atoms with Gasteiger partial charge in [-0.05, 0) is 31.2 Å². The van der Waals surface area contributed by atoms with Crippen LogP contribution in [-0.4, -0.2) is 40.7 Å². The van der Waals surface area contributed by atoms with E-state index in [2.05, 4.69) is 10.3 Å². The second kappa shape index (κ2) is 8.00. The summed E-state index contributed by atoms with van der Waals surface area (Å²) in [6.07, 6.45) is 0.798. The molecule has 2 N–H and O–H groups in total. The van der Waals surface area contributed by atoms with Crippen molar-refractivity contribution in [2.45, 2.75) is 13.3 Å². The molecule has 0 saturated carbocycles. The number of nitrogens with zero attached hydrogens (tertiary/aromatic N) is 1. The Morgan fingerprint density at radius 1 is 1.33 bits per heavy atom. The number of amides is 1. The Morgan fingerprint density at radius 3 is 2.95 bits per heavy atom. The number of aliphatic hydroxyl groups excluding tert-OH is 1.